The van der Waals surface area contributed by atoms with Gasteiger partial charge in [0.25, 0.3) is 5.91 Å². The molecule has 0 saturated carbocycles. The standard InChI is InChI=1S/C35H33N3O2/c1-35(2,3)27-15-13-23(14-16-27)26-21-29-32(31(39)22-26)33(24-17-19-36-20-18-24)38(30-12-8-7-11-28(30)37-29)34(40)25-9-5-4-6-10-25/h4-20,26,33,37H,21-22H2,1-3H3. The lowest BCUT2D eigenvalue weighted by Crippen LogP contribution is -2.38. The summed E-state index contributed by atoms with van der Waals surface area (Å²) in [5.74, 6) is -0.0494. The normalized spacial score (nSPS) is 18.9. The molecule has 1 aromatic heterocycles. The van der Waals surface area contributed by atoms with Crippen LogP contribution in [0.15, 0.2) is 115 Å². The van der Waals surface area contributed by atoms with Crippen molar-refractivity contribution in [2.45, 2.75) is 51.0 Å². The molecule has 200 valence electrons. The van der Waals surface area contributed by atoms with Crippen LogP contribution in [0, 0.1) is 0 Å². The van der Waals surface area contributed by atoms with E-state index in [0.29, 0.717) is 24.0 Å². The van der Waals surface area contributed by atoms with E-state index in [-0.39, 0.29) is 23.0 Å². The van der Waals surface area contributed by atoms with E-state index < -0.39 is 6.04 Å². The molecule has 1 aliphatic heterocycles. The molecule has 1 amide bonds. The number of allylic oxidation sites excluding steroid dienone is 1. The van der Waals surface area contributed by atoms with Crippen LogP contribution in [0.5, 0.6) is 0 Å². The number of para-hydroxylation sites is 2. The van der Waals surface area contributed by atoms with E-state index in [1.165, 1.54) is 5.56 Å². The van der Waals surface area contributed by atoms with Gasteiger partial charge in [-0.25, -0.2) is 0 Å². The first-order valence-corrected chi connectivity index (χ1v) is 13.8. The van der Waals surface area contributed by atoms with Gasteiger partial charge in [0.15, 0.2) is 5.78 Å². The van der Waals surface area contributed by atoms with Crippen LogP contribution in [-0.4, -0.2) is 16.7 Å². The van der Waals surface area contributed by atoms with Crippen LogP contribution < -0.4 is 10.2 Å². The first kappa shape index (κ1) is 25.8. The van der Waals surface area contributed by atoms with Gasteiger partial charge in [-0.2, -0.15) is 0 Å². The SMILES string of the molecule is CC(C)(C)c1ccc(C2CC(=O)C3=C(C2)Nc2ccccc2N(C(=O)c2ccccc2)C3c2ccncc2)cc1. The second-order valence-corrected chi connectivity index (χ2v) is 11.7. The van der Waals surface area contributed by atoms with Crippen LogP contribution in [0.3, 0.4) is 0 Å². The monoisotopic (exact) mass is 527 g/mol. The minimum absolute atomic E-state index is 0.0504. The molecular weight excluding hydrogens is 494 g/mol. The minimum Gasteiger partial charge on any atom is -0.357 e. The van der Waals surface area contributed by atoms with E-state index >= 15 is 0 Å². The molecule has 1 aliphatic carbocycles. The van der Waals surface area contributed by atoms with Gasteiger partial charge in [0.2, 0.25) is 0 Å². The fourth-order valence-corrected chi connectivity index (χ4v) is 5.89. The van der Waals surface area contributed by atoms with Gasteiger partial charge in [-0.1, -0.05) is 75.4 Å². The topological polar surface area (TPSA) is 62.3 Å². The summed E-state index contributed by atoms with van der Waals surface area (Å²) < 4.78 is 0. The first-order valence-electron chi connectivity index (χ1n) is 13.8. The molecule has 0 fully saturated rings. The second kappa shape index (κ2) is 10.2. The molecule has 2 unspecified atom stereocenters. The molecule has 0 radical (unpaired) electrons. The molecule has 0 bridgehead atoms. The highest BCUT2D eigenvalue weighted by atomic mass is 16.2. The maximum absolute atomic E-state index is 14.2. The van der Waals surface area contributed by atoms with Crippen molar-refractivity contribution in [3.05, 3.63) is 137 Å². The van der Waals surface area contributed by atoms with Gasteiger partial charge in [0, 0.05) is 35.6 Å². The Morgan fingerprint density at radius 2 is 1.50 bits per heavy atom. The Hall–Kier alpha value is -4.51. The summed E-state index contributed by atoms with van der Waals surface area (Å²) in [4.78, 5) is 34.4. The van der Waals surface area contributed by atoms with Crippen LogP contribution >= 0.6 is 0 Å². The quantitative estimate of drug-likeness (QED) is 0.298. The van der Waals surface area contributed by atoms with Crippen molar-refractivity contribution in [3.8, 4) is 0 Å². The number of aromatic nitrogens is 1. The first-order chi connectivity index (χ1) is 19.3. The molecule has 5 heteroatoms. The Labute approximate surface area is 235 Å². The predicted octanol–water partition coefficient (Wildman–Crippen LogP) is 7.59. The number of Topliss-reactive ketones (excluding diaryl/α,β-unsaturated/α-hetero) is 1. The zero-order valence-corrected chi connectivity index (χ0v) is 23.1. The van der Waals surface area contributed by atoms with Crippen molar-refractivity contribution >= 4 is 23.1 Å². The summed E-state index contributed by atoms with van der Waals surface area (Å²) in [5.41, 5.74) is 6.99. The van der Waals surface area contributed by atoms with Gasteiger partial charge in [-0.3, -0.25) is 19.5 Å². The van der Waals surface area contributed by atoms with Crippen LogP contribution in [-0.2, 0) is 10.2 Å². The summed E-state index contributed by atoms with van der Waals surface area (Å²) in [6.07, 6.45) is 4.51. The maximum atomic E-state index is 14.2. The van der Waals surface area contributed by atoms with Gasteiger partial charge < -0.3 is 5.32 Å². The summed E-state index contributed by atoms with van der Waals surface area (Å²) >= 11 is 0. The molecular formula is C35H33N3O2. The van der Waals surface area contributed by atoms with E-state index in [2.05, 4.69) is 55.3 Å². The fourth-order valence-electron chi connectivity index (χ4n) is 5.89. The lowest BCUT2D eigenvalue weighted by molar-refractivity contribution is -0.116. The number of nitrogens with one attached hydrogen (secondary N) is 1. The predicted molar refractivity (Wildman–Crippen MR) is 159 cm³/mol. The molecule has 4 aromatic rings. The van der Waals surface area contributed by atoms with E-state index in [0.717, 1.165) is 28.2 Å². The number of carbonyl (C=O) groups excluding carboxylic acids is 2. The Kier molecular flexibility index (Phi) is 6.59. The van der Waals surface area contributed by atoms with E-state index in [1.807, 2.05) is 66.7 Å². The van der Waals surface area contributed by atoms with Crippen LogP contribution in [0.25, 0.3) is 0 Å². The Balaban J connectivity index is 1.49. The number of carbonyl (C=O) groups is 2. The lowest BCUT2D eigenvalue weighted by Gasteiger charge is -2.35. The summed E-state index contributed by atoms with van der Waals surface area (Å²) in [5, 5.41) is 3.61. The number of hydrogen-bond donors (Lipinski definition) is 1. The largest absolute Gasteiger partial charge is 0.357 e. The molecule has 5 nitrogen and oxygen atoms in total. The Morgan fingerprint density at radius 3 is 2.20 bits per heavy atom. The summed E-state index contributed by atoms with van der Waals surface area (Å²) in [7, 11) is 0. The molecule has 40 heavy (non-hydrogen) atoms. The third kappa shape index (κ3) is 4.73. The number of anilines is 2. The maximum Gasteiger partial charge on any atom is 0.259 e. The highest BCUT2D eigenvalue weighted by molar-refractivity contribution is 6.12. The summed E-state index contributed by atoms with van der Waals surface area (Å²) in [6.45, 7) is 6.62. The zero-order valence-electron chi connectivity index (χ0n) is 23.1. The highest BCUT2D eigenvalue weighted by Crippen LogP contribution is 2.47. The Bertz CT molecular complexity index is 1590. The average molecular weight is 528 g/mol. The van der Waals surface area contributed by atoms with Crippen LogP contribution in [0.4, 0.5) is 11.4 Å². The van der Waals surface area contributed by atoms with Crippen LogP contribution in [0.1, 0.15) is 72.6 Å². The lowest BCUT2D eigenvalue weighted by atomic mass is 9.77. The van der Waals surface area contributed by atoms with Gasteiger partial charge in [-0.15, -0.1) is 0 Å². The van der Waals surface area contributed by atoms with Gasteiger partial charge in [0.1, 0.15) is 0 Å². The molecule has 0 saturated heterocycles. The van der Waals surface area contributed by atoms with Gasteiger partial charge in [-0.05, 0) is 70.8 Å². The van der Waals surface area contributed by atoms with Crippen molar-refractivity contribution in [1.82, 2.24) is 4.98 Å². The molecule has 3 aromatic carbocycles. The molecule has 0 spiro atoms. The molecule has 1 N–H and O–H groups in total. The van der Waals surface area contributed by atoms with Crippen molar-refractivity contribution in [1.29, 1.82) is 0 Å². The third-order valence-electron chi connectivity index (χ3n) is 8.00. The van der Waals surface area contributed by atoms with E-state index in [1.54, 1.807) is 17.3 Å². The van der Waals surface area contributed by atoms with E-state index in [9.17, 15) is 9.59 Å². The number of fused-ring (bicyclic) bond motifs is 1. The number of hydrogen-bond acceptors (Lipinski definition) is 4. The Morgan fingerprint density at radius 1 is 0.825 bits per heavy atom. The van der Waals surface area contributed by atoms with E-state index in [4.69, 9.17) is 0 Å². The number of nitrogens with zero attached hydrogens (tertiary/aromatic N) is 2. The van der Waals surface area contributed by atoms with Gasteiger partial charge >= 0.3 is 0 Å². The van der Waals surface area contributed by atoms with Crippen molar-refractivity contribution in [2.75, 3.05) is 10.2 Å². The van der Waals surface area contributed by atoms with Crippen molar-refractivity contribution < 1.29 is 9.59 Å². The molecule has 2 heterocycles. The number of rotatable bonds is 3. The minimum atomic E-state index is -0.585. The zero-order chi connectivity index (χ0) is 27.9. The summed E-state index contributed by atoms with van der Waals surface area (Å²) in [6, 6.07) is 29.0. The molecule has 6 rings (SSSR count). The molecule has 2 atom stereocenters. The van der Waals surface area contributed by atoms with Gasteiger partial charge in [0.05, 0.1) is 17.4 Å². The third-order valence-corrected chi connectivity index (χ3v) is 8.00. The fraction of sp³-hybridized carbons (Fsp3) is 0.229. The van der Waals surface area contributed by atoms with Crippen LogP contribution in [0.2, 0.25) is 0 Å². The highest BCUT2D eigenvalue weighted by Gasteiger charge is 2.41. The second-order valence-electron chi connectivity index (χ2n) is 11.7. The average Bonchev–Trinajstić information content (AvgIpc) is 3.12. The number of pyridine rings is 1. The number of amides is 1. The number of benzene rings is 3. The van der Waals surface area contributed by atoms with Crippen molar-refractivity contribution in [3.63, 3.8) is 0 Å². The molecule has 2 aliphatic rings. The number of ketones is 1. The van der Waals surface area contributed by atoms with Crippen molar-refractivity contribution in [2.24, 2.45) is 0 Å². The smallest absolute Gasteiger partial charge is 0.259 e.